The summed E-state index contributed by atoms with van der Waals surface area (Å²) in [6.45, 7) is 1.49. The summed E-state index contributed by atoms with van der Waals surface area (Å²) in [6, 6.07) is 5.74. The first-order valence-corrected chi connectivity index (χ1v) is 10.8. The predicted octanol–water partition coefficient (Wildman–Crippen LogP) is 4.09. The van der Waals surface area contributed by atoms with Crippen molar-refractivity contribution < 1.29 is 26.7 Å². The monoisotopic (exact) mass is 478 g/mol. The number of benzene rings is 1. The lowest BCUT2D eigenvalue weighted by molar-refractivity contribution is -0.163. The van der Waals surface area contributed by atoms with Crippen molar-refractivity contribution in [3.8, 4) is 5.69 Å². The van der Waals surface area contributed by atoms with E-state index in [4.69, 9.17) is 0 Å². The Morgan fingerprint density at radius 2 is 1.76 bits per heavy atom. The molecule has 0 spiro atoms. The second-order valence-electron chi connectivity index (χ2n) is 8.61. The molecule has 1 aromatic carbocycles. The number of hydrogen-bond donors (Lipinski definition) is 1. The van der Waals surface area contributed by atoms with E-state index in [-0.39, 0.29) is 29.6 Å². The Kier molecular flexibility index (Phi) is 5.10. The highest BCUT2D eigenvalue weighted by atomic mass is 19.4. The summed E-state index contributed by atoms with van der Waals surface area (Å²) in [5, 5.41) is 1.86. The average Bonchev–Trinajstić information content (AvgIpc) is 3.37. The van der Waals surface area contributed by atoms with Crippen molar-refractivity contribution in [3.63, 3.8) is 0 Å². The molecular formula is C23H19F5N4O2. The number of nitrogens with zero attached hydrogens (tertiary/aromatic N) is 3. The minimum Gasteiger partial charge on any atom is -0.357 e. The van der Waals surface area contributed by atoms with Crippen LogP contribution in [0.5, 0.6) is 0 Å². The van der Waals surface area contributed by atoms with Crippen LogP contribution in [-0.4, -0.2) is 40.3 Å². The van der Waals surface area contributed by atoms with E-state index < -0.39 is 40.2 Å². The van der Waals surface area contributed by atoms with Crippen molar-refractivity contribution in [2.75, 3.05) is 18.0 Å². The summed E-state index contributed by atoms with van der Waals surface area (Å²) in [4.78, 5) is 32.4. The van der Waals surface area contributed by atoms with Crippen LogP contribution < -0.4 is 15.6 Å². The zero-order chi connectivity index (χ0) is 24.3. The van der Waals surface area contributed by atoms with Gasteiger partial charge in [-0.05, 0) is 49.9 Å². The molecule has 178 valence electrons. The largest absolute Gasteiger partial charge is 0.411 e. The number of amides is 1. The van der Waals surface area contributed by atoms with Crippen LogP contribution in [0, 0.1) is 11.6 Å². The van der Waals surface area contributed by atoms with Crippen molar-refractivity contribution in [1.82, 2.24) is 14.9 Å². The highest BCUT2D eigenvalue weighted by Crippen LogP contribution is 2.49. The first-order chi connectivity index (χ1) is 16.1. The number of halogens is 5. The summed E-state index contributed by atoms with van der Waals surface area (Å²) in [6.07, 6.45) is -2.38. The van der Waals surface area contributed by atoms with E-state index in [2.05, 4.69) is 4.98 Å². The number of hydrogen-bond acceptors (Lipinski definition) is 4. The fraction of sp³-hybridized carbons (Fsp3) is 0.348. The van der Waals surface area contributed by atoms with Crippen molar-refractivity contribution in [2.45, 2.75) is 37.4 Å². The maximum absolute atomic E-state index is 14.7. The molecular weight excluding hydrogens is 459 g/mol. The van der Waals surface area contributed by atoms with Gasteiger partial charge in [-0.25, -0.2) is 13.8 Å². The minimum atomic E-state index is -4.67. The number of aromatic nitrogens is 2. The molecule has 1 aliphatic carbocycles. The first-order valence-electron chi connectivity index (χ1n) is 10.8. The van der Waals surface area contributed by atoms with Crippen LogP contribution in [0.1, 0.15) is 36.0 Å². The third kappa shape index (κ3) is 3.68. The van der Waals surface area contributed by atoms with Crippen molar-refractivity contribution in [1.29, 1.82) is 0 Å². The fourth-order valence-corrected chi connectivity index (χ4v) is 4.23. The second-order valence-corrected chi connectivity index (χ2v) is 8.61. The summed E-state index contributed by atoms with van der Waals surface area (Å²) in [7, 11) is 0. The molecule has 3 heterocycles. The van der Waals surface area contributed by atoms with Gasteiger partial charge in [0.2, 0.25) is 5.43 Å². The zero-order valence-corrected chi connectivity index (χ0v) is 17.8. The first kappa shape index (κ1) is 22.3. The molecule has 0 unspecified atom stereocenters. The molecule has 3 aromatic rings. The summed E-state index contributed by atoms with van der Waals surface area (Å²) in [5.74, 6) is -2.51. The quantitative estimate of drug-likeness (QED) is 0.574. The molecule has 0 radical (unpaired) electrons. The molecule has 1 N–H and O–H groups in total. The van der Waals surface area contributed by atoms with Gasteiger partial charge in [-0.2, -0.15) is 13.2 Å². The van der Waals surface area contributed by atoms with Crippen molar-refractivity contribution >= 4 is 22.8 Å². The summed E-state index contributed by atoms with van der Waals surface area (Å²) >= 11 is 0. The van der Waals surface area contributed by atoms with Gasteiger partial charge in [-0.15, -0.1) is 0 Å². The highest BCUT2D eigenvalue weighted by Gasteiger charge is 2.64. The number of alkyl halides is 3. The number of pyridine rings is 2. The molecule has 1 amide bonds. The van der Waals surface area contributed by atoms with Crippen LogP contribution in [0.25, 0.3) is 16.7 Å². The van der Waals surface area contributed by atoms with Crippen molar-refractivity contribution in [3.05, 3.63) is 63.9 Å². The number of carbonyl (C=O) groups is 1. The molecule has 5 rings (SSSR count). The van der Waals surface area contributed by atoms with Gasteiger partial charge in [0.25, 0.3) is 5.91 Å². The van der Waals surface area contributed by atoms with Gasteiger partial charge in [-0.3, -0.25) is 14.2 Å². The maximum Gasteiger partial charge on any atom is 0.411 e. The van der Waals surface area contributed by atoms with Gasteiger partial charge < -0.3 is 10.2 Å². The molecule has 1 saturated heterocycles. The topological polar surface area (TPSA) is 67.2 Å². The Balaban J connectivity index is 1.69. The van der Waals surface area contributed by atoms with E-state index in [9.17, 15) is 31.5 Å². The normalized spacial score (nSPS) is 17.3. The van der Waals surface area contributed by atoms with Gasteiger partial charge >= 0.3 is 6.18 Å². The van der Waals surface area contributed by atoms with Gasteiger partial charge in [0.1, 0.15) is 28.6 Å². The zero-order valence-electron chi connectivity index (χ0n) is 17.8. The van der Waals surface area contributed by atoms with E-state index in [1.54, 1.807) is 6.07 Å². The Morgan fingerprint density at radius 3 is 2.38 bits per heavy atom. The molecule has 1 aliphatic heterocycles. The number of nitrogens with one attached hydrogen (secondary N) is 1. The highest BCUT2D eigenvalue weighted by molar-refractivity contribution is 5.98. The molecule has 2 fully saturated rings. The molecule has 34 heavy (non-hydrogen) atoms. The average molecular weight is 478 g/mol. The number of anilines is 1. The molecule has 0 bridgehead atoms. The van der Waals surface area contributed by atoms with Gasteiger partial charge in [0.15, 0.2) is 5.65 Å². The Morgan fingerprint density at radius 1 is 1.06 bits per heavy atom. The number of rotatable bonds is 4. The molecule has 2 aliphatic rings. The maximum atomic E-state index is 14.7. The van der Waals surface area contributed by atoms with Crippen LogP contribution in [0.15, 0.2) is 41.3 Å². The lowest BCUT2D eigenvalue weighted by Gasteiger charge is -2.21. The lowest BCUT2D eigenvalue weighted by Crippen LogP contribution is -2.48. The lowest BCUT2D eigenvalue weighted by atomic mass is 10.1. The molecule has 0 atom stereocenters. The van der Waals surface area contributed by atoms with Crippen LogP contribution in [-0.2, 0) is 0 Å². The molecule has 11 heteroatoms. The van der Waals surface area contributed by atoms with E-state index in [1.165, 1.54) is 6.07 Å². The third-order valence-electron chi connectivity index (χ3n) is 6.33. The SMILES string of the molecule is O=C(NC1(C(F)(F)F)CC1)c1cn(-c2ccc(F)cc2F)c2nc(N3CCCC3)ccc2c1=O. The second kappa shape index (κ2) is 7.78. The van der Waals surface area contributed by atoms with E-state index >= 15 is 0 Å². The predicted molar refractivity (Wildman–Crippen MR) is 114 cm³/mol. The van der Waals surface area contributed by atoms with Gasteiger partial charge in [-0.1, -0.05) is 0 Å². The summed E-state index contributed by atoms with van der Waals surface area (Å²) < 4.78 is 69.4. The molecule has 1 saturated carbocycles. The standard InChI is InChI=1S/C23H19F5N4O2/c24-13-3-5-17(16(25)11-13)32-12-15(21(34)30-22(7-8-22)23(26,27)28)19(33)14-4-6-18(29-20(14)32)31-9-1-2-10-31/h3-6,11-12H,1-2,7-10H2,(H,30,34). The number of fused-ring (bicyclic) bond motifs is 1. The Hall–Kier alpha value is -3.50. The third-order valence-corrected chi connectivity index (χ3v) is 6.33. The van der Waals surface area contributed by atoms with Crippen LogP contribution in [0.3, 0.4) is 0 Å². The van der Waals surface area contributed by atoms with Gasteiger partial charge in [0.05, 0.1) is 11.1 Å². The van der Waals surface area contributed by atoms with Crippen molar-refractivity contribution in [2.24, 2.45) is 0 Å². The van der Waals surface area contributed by atoms with E-state index in [0.717, 1.165) is 48.8 Å². The minimum absolute atomic E-state index is 0.00779. The summed E-state index contributed by atoms with van der Waals surface area (Å²) in [5.41, 5.74) is -4.00. The number of carbonyl (C=O) groups excluding carboxylic acids is 1. The molecule has 6 nitrogen and oxygen atoms in total. The Bertz CT molecular complexity index is 1360. The van der Waals surface area contributed by atoms with Crippen LogP contribution >= 0.6 is 0 Å². The van der Waals surface area contributed by atoms with Crippen LogP contribution in [0.2, 0.25) is 0 Å². The fourth-order valence-electron chi connectivity index (χ4n) is 4.23. The Labute approximate surface area is 190 Å². The van der Waals surface area contributed by atoms with Gasteiger partial charge in [0, 0.05) is 25.4 Å². The van der Waals surface area contributed by atoms with E-state index in [0.29, 0.717) is 11.9 Å². The van der Waals surface area contributed by atoms with E-state index in [1.807, 2.05) is 10.2 Å². The smallest absolute Gasteiger partial charge is 0.357 e. The molecule has 2 aromatic heterocycles. The van der Waals surface area contributed by atoms with Crippen LogP contribution in [0.4, 0.5) is 27.8 Å².